The maximum atomic E-state index is 5.96. The first-order chi connectivity index (χ1) is 13.5. The normalized spacial score (nSPS) is 22.3. The number of allylic oxidation sites excluding steroid dienone is 1. The Bertz CT molecular complexity index is 831. The zero-order valence-corrected chi connectivity index (χ0v) is 17.4. The molecule has 1 aromatic heterocycles. The third-order valence-electron chi connectivity index (χ3n) is 5.88. The molecule has 148 valence electrons. The van der Waals surface area contributed by atoms with Gasteiger partial charge in [-0.25, -0.2) is 0 Å². The molecule has 0 unspecified atom stereocenters. The van der Waals surface area contributed by atoms with Crippen LogP contribution >= 0.6 is 0 Å². The van der Waals surface area contributed by atoms with Gasteiger partial charge in [0.2, 0.25) is 11.8 Å². The highest BCUT2D eigenvalue weighted by atomic mass is 16.4. The van der Waals surface area contributed by atoms with Crippen molar-refractivity contribution in [3.05, 3.63) is 47.9 Å². The van der Waals surface area contributed by atoms with Gasteiger partial charge < -0.3 is 4.42 Å². The van der Waals surface area contributed by atoms with E-state index >= 15 is 0 Å². The maximum absolute atomic E-state index is 5.96. The Balaban J connectivity index is 1.73. The molecule has 0 N–H and O–H groups in total. The summed E-state index contributed by atoms with van der Waals surface area (Å²) in [6.07, 6.45) is 9.89. The summed E-state index contributed by atoms with van der Waals surface area (Å²) in [5.74, 6) is 6.31. The van der Waals surface area contributed by atoms with Crippen molar-refractivity contribution < 1.29 is 4.42 Å². The number of nitrogens with zero attached hydrogens (tertiary/aromatic N) is 3. The van der Waals surface area contributed by atoms with Gasteiger partial charge in [-0.1, -0.05) is 49.6 Å². The molecular weight excluding hydrogens is 346 g/mol. The highest BCUT2D eigenvalue weighted by Crippen LogP contribution is 2.39. The summed E-state index contributed by atoms with van der Waals surface area (Å²) in [6.45, 7) is 8.59. The molecule has 3 atom stereocenters. The van der Waals surface area contributed by atoms with E-state index < -0.39 is 0 Å². The van der Waals surface area contributed by atoms with Gasteiger partial charge in [0.25, 0.3) is 0 Å². The van der Waals surface area contributed by atoms with Crippen molar-refractivity contribution in [1.82, 2.24) is 15.1 Å². The molecule has 0 saturated heterocycles. The molecule has 0 saturated carbocycles. The van der Waals surface area contributed by atoms with Crippen LogP contribution in [0.3, 0.4) is 0 Å². The third-order valence-corrected chi connectivity index (χ3v) is 5.88. The average molecular weight is 378 g/mol. The van der Waals surface area contributed by atoms with Crippen molar-refractivity contribution in [2.45, 2.75) is 33.6 Å². The summed E-state index contributed by atoms with van der Waals surface area (Å²) in [5, 5.41) is 8.55. The van der Waals surface area contributed by atoms with Gasteiger partial charge in [0.05, 0.1) is 6.54 Å². The summed E-state index contributed by atoms with van der Waals surface area (Å²) in [4.78, 5) is 2.24. The molecular formula is C24H31N3O. The van der Waals surface area contributed by atoms with Gasteiger partial charge in [-0.05, 0) is 56.2 Å². The zero-order chi connectivity index (χ0) is 20.1. The maximum Gasteiger partial charge on any atom is 0.247 e. The topological polar surface area (TPSA) is 42.2 Å². The fraction of sp³-hybridized carbons (Fsp3) is 0.500. The fourth-order valence-electron chi connectivity index (χ4n) is 4.31. The predicted octanol–water partition coefficient (Wildman–Crippen LogP) is 4.70. The van der Waals surface area contributed by atoms with E-state index in [2.05, 4.69) is 54.9 Å². The highest BCUT2D eigenvalue weighted by Gasteiger charge is 2.33. The average Bonchev–Trinajstić information content (AvgIpc) is 3.13. The number of terminal acetylenes is 1. The lowest BCUT2D eigenvalue weighted by Crippen LogP contribution is -2.35. The van der Waals surface area contributed by atoms with Crippen molar-refractivity contribution in [3.63, 3.8) is 0 Å². The van der Waals surface area contributed by atoms with E-state index in [-0.39, 0.29) is 0 Å². The quantitative estimate of drug-likeness (QED) is 0.518. The van der Waals surface area contributed by atoms with E-state index in [1.165, 1.54) is 5.57 Å². The molecule has 4 nitrogen and oxygen atoms in total. The highest BCUT2D eigenvalue weighted by molar-refractivity contribution is 5.51. The van der Waals surface area contributed by atoms with Crippen molar-refractivity contribution >= 4 is 0 Å². The van der Waals surface area contributed by atoms with Crippen LogP contribution in [0.25, 0.3) is 11.5 Å². The minimum Gasteiger partial charge on any atom is -0.421 e. The van der Waals surface area contributed by atoms with E-state index in [0.29, 0.717) is 36.1 Å². The van der Waals surface area contributed by atoms with Crippen LogP contribution in [0.15, 0.2) is 46.4 Å². The number of hydrogen-bond acceptors (Lipinski definition) is 4. The first kappa shape index (κ1) is 20.4. The summed E-state index contributed by atoms with van der Waals surface area (Å²) in [6, 6.07) is 9.94. The molecule has 2 aromatic rings. The molecule has 0 amide bonds. The number of benzene rings is 1. The minimum absolute atomic E-state index is 0.450. The molecule has 1 aliphatic rings. The van der Waals surface area contributed by atoms with Crippen molar-refractivity contribution in [2.75, 3.05) is 20.1 Å². The largest absolute Gasteiger partial charge is 0.421 e. The van der Waals surface area contributed by atoms with Gasteiger partial charge >= 0.3 is 0 Å². The third kappa shape index (κ3) is 4.91. The summed E-state index contributed by atoms with van der Waals surface area (Å²) >= 11 is 0. The van der Waals surface area contributed by atoms with Gasteiger partial charge in [0.15, 0.2) is 0 Å². The molecule has 0 fully saturated rings. The van der Waals surface area contributed by atoms with Crippen LogP contribution in [-0.4, -0.2) is 35.2 Å². The van der Waals surface area contributed by atoms with Crippen LogP contribution in [-0.2, 0) is 6.42 Å². The second-order valence-electron chi connectivity index (χ2n) is 8.39. The standard InChI is InChI=1S/C24H31N3O/c1-6-12-27(5)16-21-13-18(4)20(14-22(21)17(2)3)15-23-25-26-24(28-23)19-10-8-7-9-11-19/h1,7-11,13,17,20-22H,12,14-16H2,2-5H3/t20-,21-,22-/m0/s1. The smallest absolute Gasteiger partial charge is 0.247 e. The van der Waals surface area contributed by atoms with Crippen LogP contribution in [0.4, 0.5) is 0 Å². The van der Waals surface area contributed by atoms with Crippen LogP contribution in [0.1, 0.15) is 33.1 Å². The number of rotatable bonds is 7. The Morgan fingerprint density at radius 1 is 1.25 bits per heavy atom. The lowest BCUT2D eigenvalue weighted by atomic mass is 9.69. The van der Waals surface area contributed by atoms with E-state index in [9.17, 15) is 0 Å². The Morgan fingerprint density at radius 2 is 2.00 bits per heavy atom. The molecule has 1 aromatic carbocycles. The SMILES string of the molecule is C#CCN(C)C[C@@H]1C=C(C)[C@H](Cc2nnc(-c3ccccc3)o2)C[C@H]1C(C)C. The molecule has 1 aliphatic carbocycles. The number of aromatic nitrogens is 2. The number of hydrogen-bond donors (Lipinski definition) is 0. The summed E-state index contributed by atoms with van der Waals surface area (Å²) < 4.78 is 5.96. The van der Waals surface area contributed by atoms with Gasteiger partial charge in [-0.2, -0.15) is 0 Å². The van der Waals surface area contributed by atoms with Gasteiger partial charge in [-0.3, -0.25) is 4.90 Å². The lowest BCUT2D eigenvalue weighted by molar-refractivity contribution is 0.183. The van der Waals surface area contributed by atoms with E-state index in [1.54, 1.807) is 0 Å². The van der Waals surface area contributed by atoms with Crippen LogP contribution < -0.4 is 0 Å². The Labute approximate surface area is 169 Å². The van der Waals surface area contributed by atoms with E-state index in [4.69, 9.17) is 10.8 Å². The van der Waals surface area contributed by atoms with Gasteiger partial charge in [-0.15, -0.1) is 16.6 Å². The first-order valence-electron chi connectivity index (χ1n) is 10.2. The molecule has 4 heteroatoms. The molecule has 3 rings (SSSR count). The molecule has 0 radical (unpaired) electrons. The van der Waals surface area contributed by atoms with Crippen LogP contribution in [0.2, 0.25) is 0 Å². The van der Waals surface area contributed by atoms with Crippen molar-refractivity contribution in [3.8, 4) is 23.8 Å². The molecule has 1 heterocycles. The first-order valence-corrected chi connectivity index (χ1v) is 10.2. The molecule has 0 bridgehead atoms. The van der Waals surface area contributed by atoms with Crippen molar-refractivity contribution in [2.24, 2.45) is 23.7 Å². The Hall–Kier alpha value is -2.38. The van der Waals surface area contributed by atoms with Crippen molar-refractivity contribution in [1.29, 1.82) is 0 Å². The summed E-state index contributed by atoms with van der Waals surface area (Å²) in [5.41, 5.74) is 2.39. The summed E-state index contributed by atoms with van der Waals surface area (Å²) in [7, 11) is 2.11. The fourth-order valence-corrected chi connectivity index (χ4v) is 4.31. The second-order valence-corrected chi connectivity index (χ2v) is 8.39. The monoisotopic (exact) mass is 377 g/mol. The van der Waals surface area contributed by atoms with Gasteiger partial charge in [0.1, 0.15) is 0 Å². The van der Waals surface area contributed by atoms with E-state index in [0.717, 1.165) is 30.8 Å². The minimum atomic E-state index is 0.450. The Kier molecular flexibility index (Phi) is 6.70. The molecule has 28 heavy (non-hydrogen) atoms. The Morgan fingerprint density at radius 3 is 2.68 bits per heavy atom. The van der Waals surface area contributed by atoms with E-state index in [1.807, 2.05) is 30.3 Å². The zero-order valence-electron chi connectivity index (χ0n) is 17.4. The molecule has 0 spiro atoms. The second kappa shape index (κ2) is 9.21. The van der Waals surface area contributed by atoms with Gasteiger partial charge in [0, 0.05) is 18.5 Å². The van der Waals surface area contributed by atoms with Crippen LogP contribution in [0.5, 0.6) is 0 Å². The lowest BCUT2D eigenvalue weighted by Gasteiger charge is -2.38. The predicted molar refractivity (Wildman–Crippen MR) is 113 cm³/mol. The molecule has 0 aliphatic heterocycles. The van der Waals surface area contributed by atoms with Crippen LogP contribution in [0, 0.1) is 36.0 Å².